The minimum Gasteiger partial charge on any atom is -0.493 e. The van der Waals surface area contributed by atoms with Gasteiger partial charge in [-0.15, -0.1) is 0 Å². The first kappa shape index (κ1) is 16.1. The maximum absolute atomic E-state index is 5.42. The monoisotopic (exact) mass is 343 g/mol. The molecule has 0 atom stereocenters. The van der Waals surface area contributed by atoms with Crippen molar-refractivity contribution < 1.29 is 14.2 Å². The SMILES string of the molecule is COc1ccc(/C=N/Nc2nc3ccccc3s2)c(OC)c1OC. The van der Waals surface area contributed by atoms with Gasteiger partial charge in [0.1, 0.15) is 0 Å². The van der Waals surface area contributed by atoms with Crippen molar-refractivity contribution in [3.63, 3.8) is 0 Å². The van der Waals surface area contributed by atoms with E-state index in [2.05, 4.69) is 15.5 Å². The summed E-state index contributed by atoms with van der Waals surface area (Å²) in [6.45, 7) is 0. The van der Waals surface area contributed by atoms with Gasteiger partial charge in [0.2, 0.25) is 10.9 Å². The van der Waals surface area contributed by atoms with Gasteiger partial charge in [0.05, 0.1) is 37.8 Å². The Hall–Kier alpha value is -2.80. The lowest BCUT2D eigenvalue weighted by atomic mass is 10.2. The lowest BCUT2D eigenvalue weighted by molar-refractivity contribution is 0.324. The molecule has 2 aromatic carbocycles. The van der Waals surface area contributed by atoms with E-state index in [0.717, 1.165) is 20.9 Å². The van der Waals surface area contributed by atoms with Crippen LogP contribution in [0.3, 0.4) is 0 Å². The molecule has 0 saturated carbocycles. The smallest absolute Gasteiger partial charge is 0.204 e. The van der Waals surface area contributed by atoms with Gasteiger partial charge in [-0.3, -0.25) is 5.43 Å². The Morgan fingerprint density at radius 1 is 1.00 bits per heavy atom. The molecule has 6 nitrogen and oxygen atoms in total. The standard InChI is InChI=1S/C17H17N3O3S/c1-21-13-9-8-11(15(22-2)16(13)23-3)10-18-20-17-19-12-6-4-5-7-14(12)24-17/h4-10H,1-3H3,(H,19,20)/b18-10+. The van der Waals surface area contributed by atoms with Crippen LogP contribution in [0.5, 0.6) is 17.2 Å². The van der Waals surface area contributed by atoms with Gasteiger partial charge in [-0.1, -0.05) is 23.5 Å². The fourth-order valence-corrected chi connectivity index (χ4v) is 3.12. The molecule has 0 unspecified atom stereocenters. The summed E-state index contributed by atoms with van der Waals surface area (Å²) < 4.78 is 17.2. The van der Waals surface area contributed by atoms with E-state index >= 15 is 0 Å². The van der Waals surface area contributed by atoms with Gasteiger partial charge in [-0.05, 0) is 24.3 Å². The van der Waals surface area contributed by atoms with Crippen LogP contribution < -0.4 is 19.6 Å². The zero-order valence-electron chi connectivity index (χ0n) is 13.6. The van der Waals surface area contributed by atoms with E-state index in [-0.39, 0.29) is 0 Å². The Balaban J connectivity index is 1.83. The van der Waals surface area contributed by atoms with Crippen LogP contribution in [-0.2, 0) is 0 Å². The highest BCUT2D eigenvalue weighted by Gasteiger charge is 2.14. The molecule has 0 aliphatic heterocycles. The highest BCUT2D eigenvalue weighted by molar-refractivity contribution is 7.22. The van der Waals surface area contributed by atoms with E-state index in [4.69, 9.17) is 14.2 Å². The molecule has 3 rings (SSSR count). The second-order valence-electron chi connectivity index (χ2n) is 4.78. The highest BCUT2D eigenvalue weighted by atomic mass is 32.1. The summed E-state index contributed by atoms with van der Waals surface area (Å²) in [5, 5.41) is 4.97. The van der Waals surface area contributed by atoms with E-state index in [1.165, 1.54) is 0 Å². The van der Waals surface area contributed by atoms with Crippen molar-refractivity contribution in [1.29, 1.82) is 0 Å². The molecule has 0 spiro atoms. The maximum atomic E-state index is 5.42. The van der Waals surface area contributed by atoms with Crippen LogP contribution >= 0.6 is 11.3 Å². The van der Waals surface area contributed by atoms with E-state index in [1.54, 1.807) is 44.9 Å². The van der Waals surface area contributed by atoms with Crippen LogP contribution in [0, 0.1) is 0 Å². The maximum Gasteiger partial charge on any atom is 0.204 e. The molecule has 24 heavy (non-hydrogen) atoms. The summed E-state index contributed by atoms with van der Waals surface area (Å²) in [4.78, 5) is 4.47. The average molecular weight is 343 g/mol. The Labute approximate surface area is 143 Å². The van der Waals surface area contributed by atoms with Gasteiger partial charge in [-0.25, -0.2) is 4.98 Å². The number of aromatic nitrogens is 1. The molecule has 1 heterocycles. The van der Waals surface area contributed by atoms with Crippen molar-refractivity contribution in [2.24, 2.45) is 5.10 Å². The molecule has 0 saturated heterocycles. The molecule has 1 N–H and O–H groups in total. The Kier molecular flexibility index (Phi) is 4.81. The van der Waals surface area contributed by atoms with Crippen LogP contribution in [0.25, 0.3) is 10.2 Å². The molecule has 0 fully saturated rings. The summed E-state index contributed by atoms with van der Waals surface area (Å²) in [5.41, 5.74) is 4.66. The van der Waals surface area contributed by atoms with Crippen molar-refractivity contribution in [2.45, 2.75) is 0 Å². The second kappa shape index (κ2) is 7.18. The zero-order valence-corrected chi connectivity index (χ0v) is 14.4. The summed E-state index contributed by atoms with van der Waals surface area (Å²) >= 11 is 1.54. The molecular formula is C17H17N3O3S. The quantitative estimate of drug-likeness (QED) is 0.545. The van der Waals surface area contributed by atoms with Gasteiger partial charge >= 0.3 is 0 Å². The van der Waals surface area contributed by atoms with Crippen LogP contribution in [0.1, 0.15) is 5.56 Å². The van der Waals surface area contributed by atoms with Crippen molar-refractivity contribution in [1.82, 2.24) is 4.98 Å². The third kappa shape index (κ3) is 3.11. The third-order valence-electron chi connectivity index (χ3n) is 3.39. The van der Waals surface area contributed by atoms with Crippen molar-refractivity contribution in [2.75, 3.05) is 26.8 Å². The first-order valence-corrected chi connectivity index (χ1v) is 8.02. The van der Waals surface area contributed by atoms with Crippen LogP contribution in [0.4, 0.5) is 5.13 Å². The van der Waals surface area contributed by atoms with Gasteiger partial charge < -0.3 is 14.2 Å². The summed E-state index contributed by atoms with van der Waals surface area (Å²) in [5.74, 6) is 1.70. The number of hydrogen-bond acceptors (Lipinski definition) is 7. The zero-order chi connectivity index (χ0) is 16.9. The molecule has 124 valence electrons. The van der Waals surface area contributed by atoms with Crippen LogP contribution in [-0.4, -0.2) is 32.5 Å². The fourth-order valence-electron chi connectivity index (χ4n) is 2.30. The molecule has 1 aromatic heterocycles. The summed E-state index contributed by atoms with van der Waals surface area (Å²) in [7, 11) is 4.73. The molecule has 0 aliphatic carbocycles. The number of anilines is 1. The number of methoxy groups -OCH3 is 3. The van der Waals surface area contributed by atoms with Gasteiger partial charge in [0, 0.05) is 5.56 Å². The molecule has 7 heteroatoms. The van der Waals surface area contributed by atoms with Gasteiger partial charge in [0.15, 0.2) is 11.5 Å². The lowest BCUT2D eigenvalue weighted by Gasteiger charge is -2.13. The average Bonchev–Trinajstić information content (AvgIpc) is 3.03. The first-order valence-electron chi connectivity index (χ1n) is 7.20. The molecular weight excluding hydrogens is 326 g/mol. The van der Waals surface area contributed by atoms with Crippen molar-refractivity contribution in [3.05, 3.63) is 42.0 Å². The minimum atomic E-state index is 0.531. The predicted octanol–water partition coefficient (Wildman–Crippen LogP) is 3.77. The Morgan fingerprint density at radius 2 is 1.79 bits per heavy atom. The predicted molar refractivity (Wildman–Crippen MR) is 96.9 cm³/mol. The van der Waals surface area contributed by atoms with E-state index in [9.17, 15) is 0 Å². The Bertz CT molecular complexity index is 844. The normalized spacial score (nSPS) is 11.0. The van der Waals surface area contributed by atoms with E-state index < -0.39 is 0 Å². The number of fused-ring (bicyclic) bond motifs is 1. The highest BCUT2D eigenvalue weighted by Crippen LogP contribution is 2.39. The Morgan fingerprint density at radius 3 is 2.50 bits per heavy atom. The third-order valence-corrected chi connectivity index (χ3v) is 4.33. The number of benzene rings is 2. The van der Waals surface area contributed by atoms with Gasteiger partial charge in [-0.2, -0.15) is 5.10 Å². The van der Waals surface area contributed by atoms with Crippen LogP contribution in [0.2, 0.25) is 0 Å². The number of nitrogens with zero attached hydrogens (tertiary/aromatic N) is 2. The van der Waals surface area contributed by atoms with Crippen LogP contribution in [0.15, 0.2) is 41.5 Å². The summed E-state index contributed by atoms with van der Waals surface area (Å²) in [6.07, 6.45) is 1.66. The number of para-hydroxylation sites is 1. The number of nitrogens with one attached hydrogen (secondary N) is 1. The molecule has 0 radical (unpaired) electrons. The molecule has 3 aromatic rings. The van der Waals surface area contributed by atoms with E-state index in [0.29, 0.717) is 17.2 Å². The number of hydrogen-bond donors (Lipinski definition) is 1. The number of thiazole rings is 1. The van der Waals surface area contributed by atoms with Crippen molar-refractivity contribution >= 4 is 32.9 Å². The second-order valence-corrected chi connectivity index (χ2v) is 5.81. The first-order chi connectivity index (χ1) is 11.8. The molecule has 0 amide bonds. The van der Waals surface area contributed by atoms with Crippen molar-refractivity contribution in [3.8, 4) is 17.2 Å². The number of rotatable bonds is 6. The lowest BCUT2D eigenvalue weighted by Crippen LogP contribution is -1.99. The summed E-state index contributed by atoms with van der Waals surface area (Å²) in [6, 6.07) is 11.6. The minimum absolute atomic E-state index is 0.531. The fraction of sp³-hybridized carbons (Fsp3) is 0.176. The molecule has 0 bridgehead atoms. The van der Waals surface area contributed by atoms with E-state index in [1.807, 2.05) is 30.3 Å². The largest absolute Gasteiger partial charge is 0.493 e. The number of hydrazone groups is 1. The topological polar surface area (TPSA) is 65.0 Å². The van der Waals surface area contributed by atoms with Gasteiger partial charge in [0.25, 0.3) is 0 Å². The number of ether oxygens (including phenoxy) is 3. The molecule has 0 aliphatic rings.